The molecule has 37 atom stereocenters. The molecule has 18 N–H and O–H groups in total. The Morgan fingerprint density at radius 1 is 0.465 bits per heavy atom. The first kappa shape index (κ1) is 67.7. The van der Waals surface area contributed by atoms with Crippen LogP contribution in [-0.4, -0.2) is 303 Å². The quantitative estimate of drug-likeness (QED) is 0.0535. The van der Waals surface area contributed by atoms with Gasteiger partial charge in [-0.1, -0.05) is 27.7 Å². The van der Waals surface area contributed by atoms with E-state index in [4.69, 9.17) is 52.1 Å². The summed E-state index contributed by atoms with van der Waals surface area (Å²) in [7, 11) is 0. The van der Waals surface area contributed by atoms with Gasteiger partial charge in [-0.15, -0.1) is 0 Å². The second kappa shape index (κ2) is 27.1. The number of fused-ring (bicyclic) bond motifs is 7. The highest BCUT2D eigenvalue weighted by Crippen LogP contribution is 2.71. The molecule has 0 spiro atoms. The van der Waals surface area contributed by atoms with Crippen molar-refractivity contribution in [2.75, 3.05) is 39.6 Å². The lowest BCUT2D eigenvalue weighted by Crippen LogP contribution is -2.68. The molecule has 6 aliphatic heterocycles. The highest BCUT2D eigenvalue weighted by Gasteiger charge is 2.69. The Bertz CT molecular complexity index is 2190. The summed E-state index contributed by atoms with van der Waals surface area (Å²) in [5.74, 6) is 0.0161. The van der Waals surface area contributed by atoms with Gasteiger partial charge in [0.05, 0.1) is 51.8 Å². The summed E-state index contributed by atoms with van der Waals surface area (Å²) in [5.41, 5.74) is -0.108. The predicted octanol–water partition coefficient (Wildman–Crippen LogP) is -6.13. The second-order valence-electron chi connectivity index (χ2n) is 27.1. The van der Waals surface area contributed by atoms with E-state index in [1.807, 2.05) is 6.92 Å². The molecule has 10 aliphatic rings. The molecule has 10 fully saturated rings. The Balaban J connectivity index is 0.766. The molecular weight excluding hydrogens is 1150 g/mol. The zero-order chi connectivity index (χ0) is 62.2. The second-order valence-corrected chi connectivity index (χ2v) is 27.1. The summed E-state index contributed by atoms with van der Waals surface area (Å²) in [4.78, 5) is 0. The van der Waals surface area contributed by atoms with Crippen LogP contribution in [0.2, 0.25) is 0 Å². The van der Waals surface area contributed by atoms with E-state index < -0.39 is 198 Å². The summed E-state index contributed by atoms with van der Waals surface area (Å²) < 4.78 is 66.0. The van der Waals surface area contributed by atoms with Crippen LogP contribution in [0.25, 0.3) is 0 Å². The van der Waals surface area contributed by atoms with Crippen LogP contribution in [0.15, 0.2) is 0 Å². The average molecular weight is 1250 g/mol. The summed E-state index contributed by atoms with van der Waals surface area (Å²) >= 11 is 0. The molecule has 6 heterocycles. The normalized spacial score (nSPS) is 55.3. The Hall–Kier alpha value is -1.16. The van der Waals surface area contributed by atoms with Gasteiger partial charge in [-0.2, -0.15) is 0 Å². The van der Waals surface area contributed by atoms with Crippen molar-refractivity contribution in [1.82, 2.24) is 0 Å². The van der Waals surface area contributed by atoms with Crippen molar-refractivity contribution in [3.05, 3.63) is 0 Å². The predicted molar refractivity (Wildman–Crippen MR) is 284 cm³/mol. The summed E-state index contributed by atoms with van der Waals surface area (Å²) in [6.07, 6.45) is -36.2. The molecule has 0 aromatic carbocycles. The van der Waals surface area contributed by atoms with Crippen molar-refractivity contribution in [3.63, 3.8) is 0 Å². The maximum atomic E-state index is 12.2. The van der Waals surface area contributed by atoms with E-state index in [0.29, 0.717) is 43.4 Å². The fourth-order valence-corrected chi connectivity index (χ4v) is 17.1. The number of aliphatic hydroxyl groups is 18. The average Bonchev–Trinajstić information content (AvgIpc) is 1.54. The monoisotopic (exact) mass is 1240 g/mol. The van der Waals surface area contributed by atoms with Crippen LogP contribution in [0.4, 0.5) is 0 Å². The van der Waals surface area contributed by atoms with Gasteiger partial charge >= 0.3 is 0 Å². The van der Waals surface area contributed by atoms with Crippen LogP contribution in [0, 0.1) is 52.3 Å². The molecule has 4 aliphatic carbocycles. The lowest BCUT2D eigenvalue weighted by atomic mass is 9.44. The van der Waals surface area contributed by atoms with Crippen LogP contribution in [0.5, 0.6) is 0 Å². The first-order valence-electron chi connectivity index (χ1n) is 30.9. The SMILES string of the molecule is C[C@H](CC[C@]1(O)O[C@H]2C[C@@H]3[C@@H]4CC[C@H]5C[C@@H](O[C@H]6O[C@H](CO)[C@H](O[C@H]7O[C@H](CO)[C@@H](O)[C@H](O[C@H]8O[C@H](CO)[C@@H](O)[C@H](O)[C@H]8O)[C@H]7O[C@H]7O[C@H](CO)[C@@H](O)[C@H](O)[C@H]7O)[C@H](O)[C@H]6O)CC[C@]5(C)[C@H]4CC[C@]3(C)[C@H]2[C@@H]1C)CO[C@H]1O[C@H](CO)[C@@H](O)[C@H](O)[C@H]1O. The van der Waals surface area contributed by atoms with Crippen LogP contribution in [0.1, 0.15) is 91.9 Å². The number of aliphatic hydroxyl groups excluding tert-OH is 17. The lowest BCUT2D eigenvalue weighted by Gasteiger charge is -2.61. The van der Waals surface area contributed by atoms with E-state index in [1.54, 1.807) is 0 Å². The first-order chi connectivity index (χ1) is 40.8. The van der Waals surface area contributed by atoms with Gasteiger partial charge < -0.3 is 144 Å². The number of ether oxygens (including phenoxy) is 11. The molecule has 0 bridgehead atoms. The number of hydrogen-bond donors (Lipinski definition) is 18. The van der Waals surface area contributed by atoms with Crippen LogP contribution < -0.4 is 0 Å². The van der Waals surface area contributed by atoms with E-state index >= 15 is 0 Å². The topological polar surface area (TPSA) is 466 Å². The van der Waals surface area contributed by atoms with Gasteiger partial charge in [-0.3, -0.25) is 0 Å². The molecule has 0 unspecified atom stereocenters. The van der Waals surface area contributed by atoms with Gasteiger partial charge in [-0.25, -0.2) is 0 Å². The third-order valence-electron chi connectivity index (χ3n) is 22.2. The third kappa shape index (κ3) is 12.4. The largest absolute Gasteiger partial charge is 0.394 e. The van der Waals surface area contributed by atoms with Gasteiger partial charge in [0.1, 0.15) is 122 Å². The molecule has 4 saturated carbocycles. The Morgan fingerprint density at radius 3 is 1.52 bits per heavy atom. The molecule has 0 aromatic rings. The van der Waals surface area contributed by atoms with Gasteiger partial charge in [0.2, 0.25) is 0 Å². The van der Waals surface area contributed by atoms with E-state index in [0.717, 1.165) is 38.5 Å². The van der Waals surface area contributed by atoms with Gasteiger partial charge in [0, 0.05) is 12.3 Å². The van der Waals surface area contributed by atoms with Crippen molar-refractivity contribution < 1.29 is 144 Å². The van der Waals surface area contributed by atoms with Gasteiger partial charge in [0.25, 0.3) is 0 Å². The molecule has 0 amide bonds. The van der Waals surface area contributed by atoms with Crippen molar-refractivity contribution in [3.8, 4) is 0 Å². The molecule has 29 nitrogen and oxygen atoms in total. The number of rotatable bonds is 19. The van der Waals surface area contributed by atoms with Crippen molar-refractivity contribution in [2.45, 2.75) is 263 Å². The minimum absolute atomic E-state index is 0.0421. The Morgan fingerprint density at radius 2 is 0.942 bits per heavy atom. The van der Waals surface area contributed by atoms with E-state index in [2.05, 4.69) is 20.8 Å². The molecule has 29 heteroatoms. The highest BCUT2D eigenvalue weighted by atomic mass is 16.8. The third-order valence-corrected chi connectivity index (χ3v) is 22.2. The Kier molecular flexibility index (Phi) is 21.3. The van der Waals surface area contributed by atoms with Gasteiger partial charge in [0.15, 0.2) is 37.2 Å². The smallest absolute Gasteiger partial charge is 0.187 e. The molecule has 498 valence electrons. The molecule has 6 saturated heterocycles. The zero-order valence-electron chi connectivity index (χ0n) is 49.0. The van der Waals surface area contributed by atoms with Crippen LogP contribution in [0.3, 0.4) is 0 Å². The van der Waals surface area contributed by atoms with E-state index in [-0.39, 0.29) is 47.2 Å². The highest BCUT2D eigenvalue weighted by molar-refractivity contribution is 5.15. The molecule has 0 aromatic heterocycles. The van der Waals surface area contributed by atoms with Crippen molar-refractivity contribution >= 4 is 0 Å². The summed E-state index contributed by atoms with van der Waals surface area (Å²) in [6, 6.07) is 0. The Labute approximate surface area is 498 Å². The van der Waals surface area contributed by atoms with Gasteiger partial charge in [-0.05, 0) is 104 Å². The van der Waals surface area contributed by atoms with E-state index in [1.165, 1.54) is 0 Å². The standard InChI is InChI=1S/C57H96O29/c1-21(20-76-50-43(71)39(67)35(63)29(15-58)78-50)7-12-57(75)22(2)34-28(86-57)14-27-25-6-5-23-13-24(8-10-55(23,3)26(25)9-11-56(27,34)4)77-51-46(74)42(70)47(33(19-62)82-51)83-54-49(85-53-45(73)41(69)37(65)31(17-60)80-53)48(38(66)32(18-61)81-54)84-52-44(72)40(68)36(64)30(16-59)79-52/h21-54,58-75H,5-20H2,1-4H3/t21-,22+,23+,24+,25-,26+,27-,28+,29-,30-,31-,32-,33-,34+,35-,36-,37-,38-,39+,40+,41+,42-,43-,44-,45-,46-,47+,48+,49-,50+,51+,52-,53-,54-,55+,56+,57+/m1/s1. The van der Waals surface area contributed by atoms with Crippen LogP contribution >= 0.6 is 0 Å². The number of hydrogen-bond acceptors (Lipinski definition) is 29. The molecule has 0 radical (unpaired) electrons. The molecular formula is C57H96O29. The van der Waals surface area contributed by atoms with Crippen molar-refractivity contribution in [1.29, 1.82) is 0 Å². The summed E-state index contributed by atoms with van der Waals surface area (Å²) in [5, 5.41) is 193. The minimum Gasteiger partial charge on any atom is -0.394 e. The van der Waals surface area contributed by atoms with Crippen LogP contribution in [-0.2, 0) is 52.1 Å². The fraction of sp³-hybridized carbons (Fsp3) is 1.00. The van der Waals surface area contributed by atoms with Crippen molar-refractivity contribution in [2.24, 2.45) is 52.3 Å². The fourth-order valence-electron chi connectivity index (χ4n) is 17.1. The minimum atomic E-state index is -2.06. The maximum Gasteiger partial charge on any atom is 0.187 e. The summed E-state index contributed by atoms with van der Waals surface area (Å²) in [6.45, 7) is 4.85. The first-order valence-corrected chi connectivity index (χ1v) is 30.9. The molecule has 10 rings (SSSR count). The molecule has 86 heavy (non-hydrogen) atoms. The maximum absolute atomic E-state index is 12.2. The zero-order valence-corrected chi connectivity index (χ0v) is 49.0. The van der Waals surface area contributed by atoms with E-state index in [9.17, 15) is 91.9 Å². The lowest BCUT2D eigenvalue weighted by molar-refractivity contribution is -0.406.